The largest absolute Gasteiger partial charge is 0.480 e. The molecule has 0 amide bonds. The summed E-state index contributed by atoms with van der Waals surface area (Å²) in [7, 11) is 0. The number of hydrogen-bond acceptors (Lipinski definition) is 3. The Morgan fingerprint density at radius 1 is 1.45 bits per heavy atom. The molecule has 0 fully saturated rings. The second kappa shape index (κ2) is 4.31. The number of rotatable bonds is 4. The Kier molecular flexibility index (Phi) is 4.07. The van der Waals surface area contributed by atoms with E-state index in [-0.39, 0.29) is 0 Å². The molecule has 0 aliphatic rings. The van der Waals surface area contributed by atoms with Gasteiger partial charge in [0.15, 0.2) is 0 Å². The van der Waals surface area contributed by atoms with Crippen molar-refractivity contribution < 1.29 is 9.90 Å². The van der Waals surface area contributed by atoms with Crippen molar-refractivity contribution in [1.82, 2.24) is 0 Å². The molecular weight excluding hydrogens is 144 g/mol. The molecule has 0 saturated carbocycles. The van der Waals surface area contributed by atoms with E-state index in [1.807, 2.05) is 13.8 Å². The summed E-state index contributed by atoms with van der Waals surface area (Å²) in [5.41, 5.74) is 10.8. The zero-order valence-electron chi connectivity index (χ0n) is 6.95. The van der Waals surface area contributed by atoms with E-state index in [0.717, 1.165) is 0 Å². The zero-order valence-corrected chi connectivity index (χ0v) is 6.95. The van der Waals surface area contributed by atoms with Crippen LogP contribution in [0.15, 0.2) is 0 Å². The molecule has 4 nitrogen and oxygen atoms in total. The second-order valence-corrected chi connectivity index (χ2v) is 3.16. The normalized spacial score (nSPS) is 16.5. The van der Waals surface area contributed by atoms with Gasteiger partial charge >= 0.3 is 5.97 Å². The van der Waals surface area contributed by atoms with E-state index in [1.54, 1.807) is 0 Å². The van der Waals surface area contributed by atoms with Crippen LogP contribution in [0.25, 0.3) is 0 Å². The highest BCUT2D eigenvalue weighted by molar-refractivity contribution is 5.74. The summed E-state index contributed by atoms with van der Waals surface area (Å²) < 4.78 is 0. The minimum Gasteiger partial charge on any atom is -0.480 e. The number of nitrogens with two attached hydrogens (primary N) is 2. The Balaban J connectivity index is 3.82. The van der Waals surface area contributed by atoms with Crippen LogP contribution in [0.5, 0.6) is 0 Å². The predicted octanol–water partition coefficient (Wildman–Crippen LogP) is -0.228. The quantitative estimate of drug-likeness (QED) is 0.530. The van der Waals surface area contributed by atoms with Gasteiger partial charge in [0.2, 0.25) is 0 Å². The maximum atomic E-state index is 10.3. The van der Waals surface area contributed by atoms with Crippen LogP contribution in [0.4, 0.5) is 0 Å². The lowest BCUT2D eigenvalue weighted by Crippen LogP contribution is -2.47. The molecule has 1 unspecified atom stereocenters. The summed E-state index contributed by atoms with van der Waals surface area (Å²) in [4.78, 5) is 10.3. The number of hydrogen-bond donors (Lipinski definition) is 3. The molecule has 0 aromatic heterocycles. The van der Waals surface area contributed by atoms with Crippen molar-refractivity contribution in [3.63, 3.8) is 0 Å². The van der Waals surface area contributed by atoms with Crippen LogP contribution >= 0.6 is 0 Å². The van der Waals surface area contributed by atoms with E-state index < -0.39 is 18.1 Å². The van der Waals surface area contributed by atoms with E-state index in [9.17, 15) is 4.79 Å². The van der Waals surface area contributed by atoms with Gasteiger partial charge in [-0.15, -0.1) is 0 Å². The summed E-state index contributed by atoms with van der Waals surface area (Å²) in [5.74, 6) is -0.645. The summed E-state index contributed by atoms with van der Waals surface area (Å²) in [5, 5.41) is 8.46. The van der Waals surface area contributed by atoms with Crippen LogP contribution in [0.2, 0.25) is 0 Å². The van der Waals surface area contributed by atoms with Crippen molar-refractivity contribution in [1.29, 1.82) is 0 Å². The summed E-state index contributed by atoms with van der Waals surface area (Å²) in [6.45, 7) is 3.96. The van der Waals surface area contributed by atoms with Crippen molar-refractivity contribution in [2.24, 2.45) is 17.4 Å². The minimum atomic E-state index is -1.03. The maximum Gasteiger partial charge on any atom is 0.322 e. The maximum absolute atomic E-state index is 10.3. The molecule has 2 atom stereocenters. The number of aliphatic carboxylic acids is 1. The first-order valence-electron chi connectivity index (χ1n) is 3.69. The average molecular weight is 160 g/mol. The van der Waals surface area contributed by atoms with Crippen LogP contribution in [0.3, 0.4) is 0 Å². The van der Waals surface area contributed by atoms with Crippen LogP contribution in [-0.2, 0) is 4.79 Å². The second-order valence-electron chi connectivity index (χ2n) is 3.16. The van der Waals surface area contributed by atoms with E-state index in [1.165, 1.54) is 0 Å². The van der Waals surface area contributed by atoms with Crippen molar-refractivity contribution in [2.45, 2.75) is 32.4 Å². The van der Waals surface area contributed by atoms with Crippen LogP contribution in [0.1, 0.15) is 20.3 Å². The first kappa shape index (κ1) is 10.4. The third-order valence-corrected chi connectivity index (χ3v) is 1.49. The van der Waals surface area contributed by atoms with Gasteiger partial charge in [-0.25, -0.2) is 0 Å². The molecule has 11 heavy (non-hydrogen) atoms. The third kappa shape index (κ3) is 3.95. The van der Waals surface area contributed by atoms with Crippen molar-refractivity contribution >= 4 is 5.97 Å². The smallest absolute Gasteiger partial charge is 0.322 e. The summed E-state index contributed by atoms with van der Waals surface area (Å²) >= 11 is 0. The minimum absolute atomic E-state index is 0.385. The van der Waals surface area contributed by atoms with Gasteiger partial charge in [-0.2, -0.15) is 0 Å². The van der Waals surface area contributed by atoms with Crippen molar-refractivity contribution in [3.8, 4) is 0 Å². The van der Waals surface area contributed by atoms with Gasteiger partial charge in [0, 0.05) is 6.04 Å². The summed E-state index contributed by atoms with van der Waals surface area (Å²) in [6.07, 6.45) is 0.646. The highest BCUT2D eigenvalue weighted by Crippen LogP contribution is 2.04. The first-order valence-corrected chi connectivity index (χ1v) is 3.69. The number of carboxylic acid groups (broad SMARTS) is 1. The van der Waals surface area contributed by atoms with Gasteiger partial charge in [0.1, 0.15) is 6.04 Å². The molecule has 0 spiro atoms. The topological polar surface area (TPSA) is 89.3 Å². The highest BCUT2D eigenvalue weighted by atomic mass is 16.4. The van der Waals surface area contributed by atoms with Gasteiger partial charge in [-0.1, -0.05) is 13.8 Å². The molecule has 4 heteroatoms. The molecular formula is C7H16N2O2. The lowest BCUT2D eigenvalue weighted by Gasteiger charge is -2.17. The molecule has 0 aromatic carbocycles. The molecule has 0 heterocycles. The standard InChI is InChI=1S/C7H16N2O2/c1-4(2)3-5(8)6(9)7(10)11/h4-6H,3,8-9H2,1-2H3,(H,10,11)/t5?,6-/m0/s1. The number of carboxylic acids is 1. The molecule has 66 valence electrons. The molecule has 5 N–H and O–H groups in total. The fraction of sp³-hybridized carbons (Fsp3) is 0.857. The average Bonchev–Trinajstić information content (AvgIpc) is 1.84. The van der Waals surface area contributed by atoms with E-state index in [0.29, 0.717) is 12.3 Å². The van der Waals surface area contributed by atoms with E-state index >= 15 is 0 Å². The van der Waals surface area contributed by atoms with E-state index in [2.05, 4.69) is 0 Å². The SMILES string of the molecule is CC(C)CC(N)[C@H](N)C(=O)O. The molecule has 0 saturated heterocycles. The Morgan fingerprint density at radius 2 is 1.91 bits per heavy atom. The van der Waals surface area contributed by atoms with E-state index in [4.69, 9.17) is 16.6 Å². The van der Waals surface area contributed by atoms with Crippen molar-refractivity contribution in [2.75, 3.05) is 0 Å². The van der Waals surface area contributed by atoms with Gasteiger partial charge in [-0.3, -0.25) is 4.79 Å². The van der Waals surface area contributed by atoms with Gasteiger partial charge < -0.3 is 16.6 Å². The lowest BCUT2D eigenvalue weighted by atomic mass is 9.99. The molecule has 0 radical (unpaired) electrons. The molecule has 0 aromatic rings. The molecule has 0 rings (SSSR count). The molecule has 0 bridgehead atoms. The third-order valence-electron chi connectivity index (χ3n) is 1.49. The fourth-order valence-electron chi connectivity index (χ4n) is 0.874. The first-order chi connectivity index (χ1) is 4.95. The Bertz CT molecular complexity index is 136. The molecule has 0 aliphatic carbocycles. The number of carbonyl (C=O) groups is 1. The fourth-order valence-corrected chi connectivity index (χ4v) is 0.874. The Hall–Kier alpha value is -0.610. The highest BCUT2D eigenvalue weighted by Gasteiger charge is 2.20. The van der Waals surface area contributed by atoms with Crippen LogP contribution < -0.4 is 11.5 Å². The van der Waals surface area contributed by atoms with Gasteiger partial charge in [0.05, 0.1) is 0 Å². The van der Waals surface area contributed by atoms with Crippen LogP contribution in [0, 0.1) is 5.92 Å². The van der Waals surface area contributed by atoms with Crippen LogP contribution in [-0.4, -0.2) is 23.2 Å². The Labute approximate surface area is 66.6 Å². The summed E-state index contributed by atoms with van der Waals surface area (Å²) in [6, 6.07) is -1.37. The predicted molar refractivity (Wildman–Crippen MR) is 43.0 cm³/mol. The van der Waals surface area contributed by atoms with Crippen molar-refractivity contribution in [3.05, 3.63) is 0 Å². The monoisotopic (exact) mass is 160 g/mol. The zero-order chi connectivity index (χ0) is 9.02. The van der Waals surface area contributed by atoms with Gasteiger partial charge in [-0.05, 0) is 12.3 Å². The lowest BCUT2D eigenvalue weighted by molar-refractivity contribution is -0.139. The Morgan fingerprint density at radius 3 is 2.18 bits per heavy atom. The molecule has 0 aliphatic heterocycles. The van der Waals surface area contributed by atoms with Gasteiger partial charge in [0.25, 0.3) is 0 Å².